The van der Waals surface area contributed by atoms with Crippen molar-refractivity contribution >= 4 is 21.7 Å². The lowest BCUT2D eigenvalue weighted by Crippen LogP contribution is -2.37. The van der Waals surface area contributed by atoms with Crippen molar-refractivity contribution in [2.75, 3.05) is 0 Å². The molecule has 0 radical (unpaired) electrons. The topological polar surface area (TPSA) is 31.5 Å². The van der Waals surface area contributed by atoms with Crippen LogP contribution in [0.3, 0.4) is 0 Å². The van der Waals surface area contributed by atoms with Crippen molar-refractivity contribution < 1.29 is 9.13 Å². The molecule has 0 N–H and O–H groups in total. The van der Waals surface area contributed by atoms with Crippen LogP contribution in [0.5, 0.6) is 0 Å². The highest BCUT2D eigenvalue weighted by Gasteiger charge is 2.26. The number of aryl methyl sites for hydroxylation is 3. The van der Waals surface area contributed by atoms with Crippen LogP contribution in [0.1, 0.15) is 22.4 Å². The summed E-state index contributed by atoms with van der Waals surface area (Å²) in [6.07, 6.45) is 2.17. The van der Waals surface area contributed by atoms with Gasteiger partial charge in [0.2, 0.25) is 16.9 Å². The summed E-state index contributed by atoms with van der Waals surface area (Å²) in [7, 11) is 2.09. The Balaban J connectivity index is 1.88. The number of benzene rings is 3. The van der Waals surface area contributed by atoms with Crippen molar-refractivity contribution in [2.24, 2.45) is 7.05 Å². The average Bonchev–Trinajstić information content (AvgIpc) is 2.80. The summed E-state index contributed by atoms with van der Waals surface area (Å²) in [4.78, 5) is 0. The molecular formula is C29H25N3+2. The van der Waals surface area contributed by atoms with E-state index in [-0.39, 0.29) is 0 Å². The molecule has 0 bridgehead atoms. The first kappa shape index (κ1) is 19.9. The molecule has 5 rings (SSSR count). The number of pyridine rings is 2. The highest BCUT2D eigenvalue weighted by Crippen LogP contribution is 2.31. The lowest BCUT2D eigenvalue weighted by atomic mass is 9.94. The smallest absolute Gasteiger partial charge is 0.200 e. The fourth-order valence-electron chi connectivity index (χ4n) is 4.88. The summed E-state index contributed by atoms with van der Waals surface area (Å²) in [5, 5.41) is 13.5. The number of hydrogen-bond donors (Lipinski definition) is 0. The second-order valence-electron chi connectivity index (χ2n) is 8.45. The van der Waals surface area contributed by atoms with Crippen LogP contribution < -0.4 is 9.13 Å². The molecule has 0 aliphatic heterocycles. The molecule has 3 nitrogen and oxygen atoms in total. The van der Waals surface area contributed by atoms with E-state index in [4.69, 9.17) is 0 Å². The van der Waals surface area contributed by atoms with E-state index in [9.17, 15) is 5.26 Å². The molecule has 3 aromatic carbocycles. The molecular weight excluding hydrogens is 390 g/mol. The van der Waals surface area contributed by atoms with Gasteiger partial charge in [-0.15, -0.1) is 0 Å². The Morgan fingerprint density at radius 2 is 1.50 bits per heavy atom. The first-order valence-electron chi connectivity index (χ1n) is 10.8. The van der Waals surface area contributed by atoms with Crippen molar-refractivity contribution in [1.82, 2.24) is 0 Å². The second-order valence-corrected chi connectivity index (χ2v) is 8.45. The van der Waals surface area contributed by atoms with Crippen molar-refractivity contribution in [3.05, 3.63) is 101 Å². The molecule has 0 spiro atoms. The largest absolute Gasteiger partial charge is 0.218 e. The Kier molecular flexibility index (Phi) is 4.72. The van der Waals surface area contributed by atoms with Gasteiger partial charge in [-0.1, -0.05) is 30.3 Å². The third-order valence-corrected chi connectivity index (χ3v) is 6.45. The fraction of sp³-hybridized carbons (Fsp3) is 0.138. The standard InChI is InChI=1S/C29H25N3/c1-19-13-14-23-9-6-8-12-27(23)32(19)28-16-22(17-30)15-26(20(28)2)29-21(3)25-11-7-5-10-24(25)18-31(29)4/h5-16,18H,1-4H3/q+2. The van der Waals surface area contributed by atoms with Gasteiger partial charge in [0.1, 0.15) is 7.05 Å². The van der Waals surface area contributed by atoms with Crippen LogP contribution in [0.4, 0.5) is 0 Å². The molecule has 3 heteroatoms. The zero-order chi connectivity index (χ0) is 22.4. The van der Waals surface area contributed by atoms with Gasteiger partial charge in [-0.2, -0.15) is 9.83 Å². The van der Waals surface area contributed by atoms with E-state index in [1.807, 2.05) is 12.1 Å². The number of para-hydroxylation sites is 1. The lowest BCUT2D eigenvalue weighted by Gasteiger charge is -2.13. The molecule has 2 aromatic heterocycles. The SMILES string of the molecule is Cc1c(-c2c(C)c3ccccc3c[n+]2C)cc(C#N)cc1-[n+]1c(C)ccc2ccccc21. The Bertz CT molecular complexity index is 1570. The molecule has 0 saturated carbocycles. The predicted octanol–water partition coefficient (Wildman–Crippen LogP) is 5.56. The summed E-state index contributed by atoms with van der Waals surface area (Å²) in [5.41, 5.74) is 8.57. The van der Waals surface area contributed by atoms with Gasteiger partial charge >= 0.3 is 0 Å². The zero-order valence-electron chi connectivity index (χ0n) is 18.8. The Labute approximate surface area is 188 Å². The second kappa shape index (κ2) is 7.59. The van der Waals surface area contributed by atoms with Gasteiger partial charge < -0.3 is 0 Å². The van der Waals surface area contributed by atoms with Crippen LogP contribution in [0.15, 0.2) is 79.0 Å². The number of aromatic nitrogens is 2. The summed E-state index contributed by atoms with van der Waals surface area (Å²) >= 11 is 0. The molecule has 0 atom stereocenters. The highest BCUT2D eigenvalue weighted by atomic mass is 15.0. The van der Waals surface area contributed by atoms with E-state index in [0.717, 1.165) is 33.7 Å². The van der Waals surface area contributed by atoms with Crippen molar-refractivity contribution in [1.29, 1.82) is 5.26 Å². The van der Waals surface area contributed by atoms with Gasteiger partial charge in [0.25, 0.3) is 0 Å². The predicted molar refractivity (Wildman–Crippen MR) is 129 cm³/mol. The minimum absolute atomic E-state index is 0.660. The number of rotatable bonds is 2. The van der Waals surface area contributed by atoms with Crippen LogP contribution in [-0.4, -0.2) is 0 Å². The third-order valence-electron chi connectivity index (χ3n) is 6.45. The molecule has 5 aromatic rings. The monoisotopic (exact) mass is 415 g/mol. The normalized spacial score (nSPS) is 11.1. The van der Waals surface area contributed by atoms with E-state index < -0.39 is 0 Å². The maximum Gasteiger partial charge on any atom is 0.218 e. The first-order valence-corrected chi connectivity index (χ1v) is 10.8. The first-order chi connectivity index (χ1) is 15.5. The maximum atomic E-state index is 9.90. The molecule has 154 valence electrons. The highest BCUT2D eigenvalue weighted by molar-refractivity contribution is 5.88. The quantitative estimate of drug-likeness (QED) is 0.347. The molecule has 0 aliphatic rings. The van der Waals surface area contributed by atoms with Gasteiger partial charge in [0.15, 0.2) is 11.9 Å². The molecule has 0 saturated heterocycles. The zero-order valence-corrected chi connectivity index (χ0v) is 18.8. The minimum atomic E-state index is 0.660. The number of fused-ring (bicyclic) bond motifs is 2. The van der Waals surface area contributed by atoms with E-state index in [1.165, 1.54) is 21.7 Å². The van der Waals surface area contributed by atoms with Crippen LogP contribution >= 0.6 is 0 Å². The maximum absolute atomic E-state index is 9.90. The van der Waals surface area contributed by atoms with Gasteiger partial charge in [-0.25, -0.2) is 4.57 Å². The number of nitriles is 1. The van der Waals surface area contributed by atoms with E-state index in [2.05, 4.69) is 110 Å². The molecule has 2 heterocycles. The van der Waals surface area contributed by atoms with Crippen molar-refractivity contribution in [3.8, 4) is 23.0 Å². The van der Waals surface area contributed by atoms with E-state index in [0.29, 0.717) is 5.56 Å². The van der Waals surface area contributed by atoms with Crippen molar-refractivity contribution in [3.63, 3.8) is 0 Å². The third kappa shape index (κ3) is 3.04. The molecule has 0 unspecified atom stereocenters. The van der Waals surface area contributed by atoms with Gasteiger partial charge in [0.05, 0.1) is 17.2 Å². The van der Waals surface area contributed by atoms with Crippen LogP contribution in [0, 0.1) is 32.1 Å². The van der Waals surface area contributed by atoms with Gasteiger partial charge in [-0.3, -0.25) is 0 Å². The summed E-state index contributed by atoms with van der Waals surface area (Å²) in [6, 6.07) is 27.6. The molecule has 0 amide bonds. The molecule has 0 aliphatic carbocycles. The summed E-state index contributed by atoms with van der Waals surface area (Å²) in [5.74, 6) is 0. The molecule has 32 heavy (non-hydrogen) atoms. The number of nitrogens with zero attached hydrogens (tertiary/aromatic N) is 3. The van der Waals surface area contributed by atoms with Crippen LogP contribution in [0.2, 0.25) is 0 Å². The van der Waals surface area contributed by atoms with Crippen LogP contribution in [-0.2, 0) is 7.05 Å². The minimum Gasteiger partial charge on any atom is -0.200 e. The molecule has 0 fully saturated rings. The van der Waals surface area contributed by atoms with Crippen LogP contribution in [0.25, 0.3) is 38.6 Å². The lowest BCUT2D eigenvalue weighted by molar-refractivity contribution is -0.659. The summed E-state index contributed by atoms with van der Waals surface area (Å²) in [6.45, 7) is 6.45. The number of hydrogen-bond acceptors (Lipinski definition) is 1. The van der Waals surface area contributed by atoms with Gasteiger partial charge in [-0.05, 0) is 43.5 Å². The van der Waals surface area contributed by atoms with E-state index in [1.54, 1.807) is 0 Å². The summed E-state index contributed by atoms with van der Waals surface area (Å²) < 4.78 is 4.46. The van der Waals surface area contributed by atoms with Crippen molar-refractivity contribution in [2.45, 2.75) is 20.8 Å². The Morgan fingerprint density at radius 1 is 0.781 bits per heavy atom. The Morgan fingerprint density at radius 3 is 2.28 bits per heavy atom. The van der Waals surface area contributed by atoms with E-state index >= 15 is 0 Å². The average molecular weight is 416 g/mol. The fourth-order valence-corrected chi connectivity index (χ4v) is 4.88. The van der Waals surface area contributed by atoms with Gasteiger partial charge in [0, 0.05) is 47.0 Å². The Hall–Kier alpha value is -4.03.